The van der Waals surface area contributed by atoms with Crippen molar-refractivity contribution in [2.75, 3.05) is 12.8 Å². The van der Waals surface area contributed by atoms with Gasteiger partial charge < -0.3 is 15.0 Å². The van der Waals surface area contributed by atoms with E-state index >= 15 is 0 Å². The van der Waals surface area contributed by atoms with Gasteiger partial charge in [-0.15, -0.1) is 0 Å². The third-order valence-corrected chi connectivity index (χ3v) is 1.91. The highest BCUT2D eigenvalue weighted by atomic mass is 16.5. The number of hydrogen-bond donors (Lipinski definition) is 2. The van der Waals surface area contributed by atoms with Gasteiger partial charge in [-0.3, -0.25) is 9.78 Å². The molecule has 0 fully saturated rings. The number of methoxy groups -OCH3 is 1. The first-order valence-electron chi connectivity index (χ1n) is 4.06. The first-order chi connectivity index (χ1) is 6.72. The summed E-state index contributed by atoms with van der Waals surface area (Å²) < 4.78 is 6.65. The SMILES string of the molecule is COCn1ccc2c(=O)[nH]c(N)nc21. The fraction of sp³-hybridized carbons (Fsp3) is 0.250. The van der Waals surface area contributed by atoms with Gasteiger partial charge in [0.25, 0.3) is 5.56 Å². The lowest BCUT2D eigenvalue weighted by Crippen LogP contribution is -2.12. The van der Waals surface area contributed by atoms with Gasteiger partial charge in [-0.25, -0.2) is 0 Å². The topological polar surface area (TPSA) is 85.9 Å². The minimum absolute atomic E-state index is 0.110. The molecule has 3 N–H and O–H groups in total. The summed E-state index contributed by atoms with van der Waals surface area (Å²) in [6, 6.07) is 1.68. The number of ether oxygens (including phenoxy) is 1. The van der Waals surface area contributed by atoms with E-state index in [4.69, 9.17) is 10.5 Å². The van der Waals surface area contributed by atoms with Crippen LogP contribution in [0.3, 0.4) is 0 Å². The van der Waals surface area contributed by atoms with Gasteiger partial charge in [0.05, 0.1) is 5.39 Å². The zero-order valence-electron chi connectivity index (χ0n) is 7.65. The van der Waals surface area contributed by atoms with Gasteiger partial charge >= 0.3 is 0 Å². The second kappa shape index (κ2) is 3.15. The van der Waals surface area contributed by atoms with Crippen molar-refractivity contribution in [3.8, 4) is 0 Å². The molecule has 6 nitrogen and oxygen atoms in total. The Morgan fingerprint density at radius 3 is 3.21 bits per heavy atom. The third kappa shape index (κ3) is 1.25. The van der Waals surface area contributed by atoms with Crippen molar-refractivity contribution in [2.45, 2.75) is 6.73 Å². The highest BCUT2D eigenvalue weighted by Gasteiger charge is 2.06. The summed E-state index contributed by atoms with van der Waals surface area (Å²) in [6.45, 7) is 0.347. The zero-order chi connectivity index (χ0) is 10.1. The monoisotopic (exact) mass is 194 g/mol. The molecular weight excluding hydrogens is 184 g/mol. The first-order valence-corrected chi connectivity index (χ1v) is 4.06. The van der Waals surface area contributed by atoms with Crippen LogP contribution in [0.2, 0.25) is 0 Å². The van der Waals surface area contributed by atoms with Gasteiger partial charge in [0, 0.05) is 13.3 Å². The van der Waals surface area contributed by atoms with Crippen LogP contribution >= 0.6 is 0 Å². The number of H-pyrrole nitrogens is 1. The maximum atomic E-state index is 11.4. The van der Waals surface area contributed by atoms with Crippen molar-refractivity contribution in [1.29, 1.82) is 0 Å². The summed E-state index contributed by atoms with van der Waals surface area (Å²) in [5, 5.41) is 0.510. The number of nitrogens with two attached hydrogens (primary N) is 1. The van der Waals surface area contributed by atoms with Crippen molar-refractivity contribution in [1.82, 2.24) is 14.5 Å². The molecule has 2 rings (SSSR count). The molecule has 2 aromatic rings. The smallest absolute Gasteiger partial charge is 0.261 e. The van der Waals surface area contributed by atoms with Crippen molar-refractivity contribution >= 4 is 17.0 Å². The number of anilines is 1. The third-order valence-electron chi connectivity index (χ3n) is 1.91. The Morgan fingerprint density at radius 2 is 2.50 bits per heavy atom. The summed E-state index contributed by atoms with van der Waals surface area (Å²) in [5.74, 6) is 0.110. The highest BCUT2D eigenvalue weighted by molar-refractivity contribution is 5.75. The lowest BCUT2D eigenvalue weighted by atomic mass is 10.4. The van der Waals surface area contributed by atoms with E-state index in [9.17, 15) is 4.79 Å². The predicted molar refractivity (Wildman–Crippen MR) is 51.8 cm³/mol. The lowest BCUT2D eigenvalue weighted by molar-refractivity contribution is 0.134. The summed E-state index contributed by atoms with van der Waals surface area (Å²) in [7, 11) is 1.57. The van der Waals surface area contributed by atoms with E-state index in [-0.39, 0.29) is 11.5 Å². The van der Waals surface area contributed by atoms with Gasteiger partial charge in [-0.2, -0.15) is 4.98 Å². The van der Waals surface area contributed by atoms with Gasteiger partial charge in [0.2, 0.25) is 5.95 Å². The molecule has 0 bridgehead atoms. The predicted octanol–water partition coefficient (Wildman–Crippen LogP) is -0.0893. The number of nitrogen functional groups attached to an aromatic ring is 1. The Hall–Kier alpha value is -1.82. The quantitative estimate of drug-likeness (QED) is 0.699. The average Bonchev–Trinajstić information content (AvgIpc) is 2.49. The molecule has 0 aliphatic carbocycles. The normalized spacial score (nSPS) is 10.9. The zero-order valence-corrected chi connectivity index (χ0v) is 7.65. The van der Waals surface area contributed by atoms with Crippen LogP contribution in [-0.4, -0.2) is 21.6 Å². The molecule has 0 saturated carbocycles. The number of aromatic nitrogens is 3. The Balaban J connectivity index is 2.72. The molecule has 0 spiro atoms. The van der Waals surface area contributed by atoms with Gasteiger partial charge in [0.1, 0.15) is 6.73 Å². The summed E-state index contributed by atoms with van der Waals surface area (Å²) >= 11 is 0. The summed E-state index contributed by atoms with van der Waals surface area (Å²) in [6.07, 6.45) is 1.73. The lowest BCUT2D eigenvalue weighted by Gasteiger charge is -2.01. The highest BCUT2D eigenvalue weighted by Crippen LogP contribution is 2.09. The average molecular weight is 194 g/mol. The molecular formula is C8H10N4O2. The Morgan fingerprint density at radius 1 is 1.71 bits per heavy atom. The summed E-state index contributed by atoms with van der Waals surface area (Å²) in [4.78, 5) is 17.8. The molecule has 0 unspecified atom stereocenters. The van der Waals surface area contributed by atoms with E-state index in [0.717, 1.165) is 0 Å². The molecule has 0 radical (unpaired) electrons. The molecule has 0 saturated heterocycles. The van der Waals surface area contributed by atoms with Gasteiger partial charge in [-0.1, -0.05) is 0 Å². The molecule has 74 valence electrons. The first kappa shape index (κ1) is 8.76. The van der Waals surface area contributed by atoms with Crippen LogP contribution in [0.1, 0.15) is 0 Å². The van der Waals surface area contributed by atoms with Crippen molar-refractivity contribution < 1.29 is 4.74 Å². The Bertz CT molecular complexity index is 514. The molecule has 2 aromatic heterocycles. The fourth-order valence-corrected chi connectivity index (χ4v) is 1.33. The van der Waals surface area contributed by atoms with Crippen LogP contribution in [0.25, 0.3) is 11.0 Å². The van der Waals surface area contributed by atoms with Crippen LogP contribution in [0.5, 0.6) is 0 Å². The fourth-order valence-electron chi connectivity index (χ4n) is 1.33. The van der Waals surface area contributed by atoms with Crippen LogP contribution in [0.15, 0.2) is 17.1 Å². The number of fused-ring (bicyclic) bond motifs is 1. The van der Waals surface area contributed by atoms with E-state index in [2.05, 4.69) is 9.97 Å². The molecule has 0 aliphatic heterocycles. The molecule has 6 heteroatoms. The van der Waals surface area contributed by atoms with E-state index < -0.39 is 0 Å². The Kier molecular flexibility index (Phi) is 1.97. The van der Waals surface area contributed by atoms with Crippen molar-refractivity contribution in [2.24, 2.45) is 0 Å². The van der Waals surface area contributed by atoms with Gasteiger partial charge in [-0.05, 0) is 6.07 Å². The number of rotatable bonds is 2. The minimum atomic E-state index is -0.234. The minimum Gasteiger partial charge on any atom is -0.369 e. The van der Waals surface area contributed by atoms with E-state index in [1.807, 2.05) is 0 Å². The Labute approximate surface area is 79.3 Å². The molecule has 0 atom stereocenters. The number of aromatic amines is 1. The molecule has 2 heterocycles. The van der Waals surface area contributed by atoms with E-state index in [1.54, 1.807) is 23.9 Å². The van der Waals surface area contributed by atoms with Crippen molar-refractivity contribution in [3.63, 3.8) is 0 Å². The van der Waals surface area contributed by atoms with Crippen LogP contribution < -0.4 is 11.3 Å². The molecule has 14 heavy (non-hydrogen) atoms. The second-order valence-corrected chi connectivity index (χ2v) is 2.89. The van der Waals surface area contributed by atoms with Crippen LogP contribution in [0, 0.1) is 0 Å². The summed E-state index contributed by atoms with van der Waals surface area (Å²) in [5.41, 5.74) is 5.73. The molecule has 0 amide bonds. The number of nitrogens with one attached hydrogen (secondary N) is 1. The van der Waals surface area contributed by atoms with Crippen LogP contribution in [0.4, 0.5) is 5.95 Å². The van der Waals surface area contributed by atoms with E-state index in [1.165, 1.54) is 0 Å². The van der Waals surface area contributed by atoms with E-state index in [0.29, 0.717) is 17.8 Å². The van der Waals surface area contributed by atoms with Crippen LogP contribution in [-0.2, 0) is 11.5 Å². The molecule has 0 aliphatic rings. The van der Waals surface area contributed by atoms with Crippen molar-refractivity contribution in [3.05, 3.63) is 22.6 Å². The maximum Gasteiger partial charge on any atom is 0.261 e. The largest absolute Gasteiger partial charge is 0.369 e. The standard InChI is InChI=1S/C8H10N4O2/c1-14-4-12-3-2-5-6(12)10-8(9)11-7(5)13/h2-3H,4H2,1H3,(H3,9,10,11,13). The van der Waals surface area contributed by atoms with Gasteiger partial charge in [0.15, 0.2) is 5.65 Å². The second-order valence-electron chi connectivity index (χ2n) is 2.89. The molecule has 0 aromatic carbocycles. The maximum absolute atomic E-state index is 11.4. The number of hydrogen-bond acceptors (Lipinski definition) is 4. The number of nitrogens with zero attached hydrogens (tertiary/aromatic N) is 2.